The molecule has 0 saturated carbocycles. The summed E-state index contributed by atoms with van der Waals surface area (Å²) in [5, 5.41) is 3.35. The first kappa shape index (κ1) is 19.8. The van der Waals surface area contributed by atoms with Crippen molar-refractivity contribution in [3.05, 3.63) is 112 Å². The number of fused-ring (bicyclic) bond motifs is 1. The Labute approximate surface area is 177 Å². The van der Waals surface area contributed by atoms with Crippen LogP contribution in [0.2, 0.25) is 0 Å². The first-order valence-corrected chi connectivity index (χ1v) is 10.3. The number of rotatable bonds is 5. The largest absolute Gasteiger partial charge is 0.375 e. The zero-order valence-corrected chi connectivity index (χ0v) is 17.5. The van der Waals surface area contributed by atoms with Gasteiger partial charge in [0, 0.05) is 17.2 Å². The third-order valence-electron chi connectivity index (χ3n) is 5.65. The molecule has 0 aromatic heterocycles. The van der Waals surface area contributed by atoms with Crippen molar-refractivity contribution in [1.29, 1.82) is 0 Å². The number of Topliss-reactive ketones (excluding diaryl/α,β-unsaturated/α-hetero) is 2. The predicted molar refractivity (Wildman–Crippen MR) is 121 cm³/mol. The SMILES string of the molecule is CC(C)c1ccc(C2=C(NC(C)c3ccccc3)C(=O)c3ccccc3C2=O)cc1. The van der Waals surface area contributed by atoms with Crippen molar-refractivity contribution in [2.45, 2.75) is 32.7 Å². The minimum absolute atomic E-state index is 0.117. The Bertz CT molecular complexity index is 1130. The minimum Gasteiger partial charge on any atom is -0.375 e. The molecule has 1 aliphatic carbocycles. The maximum Gasteiger partial charge on any atom is 0.210 e. The third kappa shape index (κ3) is 3.59. The lowest BCUT2D eigenvalue weighted by Crippen LogP contribution is -2.31. The average Bonchev–Trinajstić information content (AvgIpc) is 2.78. The van der Waals surface area contributed by atoms with Gasteiger partial charge in [-0.1, -0.05) is 92.7 Å². The van der Waals surface area contributed by atoms with Gasteiger partial charge < -0.3 is 5.32 Å². The van der Waals surface area contributed by atoms with Gasteiger partial charge in [-0.3, -0.25) is 9.59 Å². The highest BCUT2D eigenvalue weighted by Crippen LogP contribution is 2.33. The second-order valence-corrected chi connectivity index (χ2v) is 8.01. The summed E-state index contributed by atoms with van der Waals surface area (Å²) in [6.45, 7) is 6.27. The Balaban J connectivity index is 1.83. The van der Waals surface area contributed by atoms with Crippen LogP contribution < -0.4 is 5.32 Å². The summed E-state index contributed by atoms with van der Waals surface area (Å²) in [4.78, 5) is 26.9. The lowest BCUT2D eigenvalue weighted by atomic mass is 9.83. The molecule has 0 fully saturated rings. The molecule has 0 radical (unpaired) electrons. The molecule has 1 aliphatic rings. The number of allylic oxidation sites excluding steroid dienone is 2. The molecular formula is C27H25NO2. The molecule has 30 heavy (non-hydrogen) atoms. The van der Waals surface area contributed by atoms with Crippen molar-refractivity contribution < 1.29 is 9.59 Å². The van der Waals surface area contributed by atoms with E-state index >= 15 is 0 Å². The normalized spacial score (nSPS) is 14.7. The first-order chi connectivity index (χ1) is 14.5. The number of hydrogen-bond acceptors (Lipinski definition) is 3. The van der Waals surface area contributed by atoms with Crippen LogP contribution in [0.15, 0.2) is 84.6 Å². The number of carbonyl (C=O) groups excluding carboxylic acids is 2. The van der Waals surface area contributed by atoms with E-state index < -0.39 is 0 Å². The molecule has 150 valence electrons. The Morgan fingerprint density at radius 3 is 1.80 bits per heavy atom. The lowest BCUT2D eigenvalue weighted by molar-refractivity contribution is 0.0984. The van der Waals surface area contributed by atoms with Crippen LogP contribution in [0.4, 0.5) is 0 Å². The molecule has 0 bridgehead atoms. The molecule has 0 aliphatic heterocycles. The molecule has 1 N–H and O–H groups in total. The quantitative estimate of drug-likeness (QED) is 0.580. The van der Waals surface area contributed by atoms with Gasteiger partial charge in [0.1, 0.15) is 0 Å². The summed E-state index contributed by atoms with van der Waals surface area (Å²) in [6.07, 6.45) is 0. The van der Waals surface area contributed by atoms with E-state index in [1.807, 2.05) is 61.5 Å². The Morgan fingerprint density at radius 2 is 1.20 bits per heavy atom. The third-order valence-corrected chi connectivity index (χ3v) is 5.65. The van der Waals surface area contributed by atoms with Crippen LogP contribution in [-0.4, -0.2) is 11.6 Å². The molecule has 0 spiro atoms. The monoisotopic (exact) mass is 395 g/mol. The van der Waals surface area contributed by atoms with Gasteiger partial charge in [-0.15, -0.1) is 0 Å². The fraction of sp³-hybridized carbons (Fsp3) is 0.185. The second-order valence-electron chi connectivity index (χ2n) is 8.01. The Morgan fingerprint density at radius 1 is 0.633 bits per heavy atom. The molecular weight excluding hydrogens is 370 g/mol. The van der Waals surface area contributed by atoms with E-state index in [9.17, 15) is 9.59 Å². The standard InChI is InChI=1S/C27H25NO2/c1-17(2)19-13-15-21(16-14-19)24-25(28-18(3)20-9-5-4-6-10-20)27(30)23-12-8-7-11-22(23)26(24)29/h4-18,28H,1-3H3. The summed E-state index contributed by atoms with van der Waals surface area (Å²) < 4.78 is 0. The summed E-state index contributed by atoms with van der Waals surface area (Å²) in [5.74, 6) is 0.134. The van der Waals surface area contributed by atoms with Gasteiger partial charge in [-0.05, 0) is 29.5 Å². The molecule has 3 heteroatoms. The van der Waals surface area contributed by atoms with E-state index in [4.69, 9.17) is 0 Å². The highest BCUT2D eigenvalue weighted by atomic mass is 16.1. The van der Waals surface area contributed by atoms with E-state index in [0.29, 0.717) is 28.3 Å². The minimum atomic E-state index is -0.143. The molecule has 1 atom stereocenters. The Kier molecular flexibility index (Phi) is 5.37. The highest BCUT2D eigenvalue weighted by molar-refractivity contribution is 6.40. The molecule has 0 heterocycles. The number of benzene rings is 3. The van der Waals surface area contributed by atoms with Crippen molar-refractivity contribution in [3.63, 3.8) is 0 Å². The van der Waals surface area contributed by atoms with Crippen molar-refractivity contribution in [3.8, 4) is 0 Å². The molecule has 1 unspecified atom stereocenters. The van der Waals surface area contributed by atoms with Crippen LogP contribution >= 0.6 is 0 Å². The van der Waals surface area contributed by atoms with Crippen LogP contribution in [0, 0.1) is 0 Å². The molecule has 3 aromatic carbocycles. The average molecular weight is 396 g/mol. The zero-order chi connectivity index (χ0) is 21.3. The van der Waals surface area contributed by atoms with Gasteiger partial charge in [0.2, 0.25) is 5.78 Å². The van der Waals surface area contributed by atoms with Crippen molar-refractivity contribution >= 4 is 17.1 Å². The van der Waals surface area contributed by atoms with Crippen molar-refractivity contribution in [2.75, 3.05) is 0 Å². The smallest absolute Gasteiger partial charge is 0.210 e. The van der Waals surface area contributed by atoms with Gasteiger partial charge in [0.15, 0.2) is 5.78 Å². The van der Waals surface area contributed by atoms with Gasteiger partial charge in [0.25, 0.3) is 0 Å². The van der Waals surface area contributed by atoms with Crippen LogP contribution in [0.25, 0.3) is 5.57 Å². The molecule has 3 nitrogen and oxygen atoms in total. The summed E-state index contributed by atoms with van der Waals surface area (Å²) in [5.41, 5.74) is 4.73. The van der Waals surface area contributed by atoms with Gasteiger partial charge in [0.05, 0.1) is 11.3 Å². The fourth-order valence-corrected chi connectivity index (χ4v) is 3.86. The number of hydrogen-bond donors (Lipinski definition) is 1. The highest BCUT2D eigenvalue weighted by Gasteiger charge is 2.33. The topological polar surface area (TPSA) is 46.2 Å². The van der Waals surface area contributed by atoms with Gasteiger partial charge in [-0.2, -0.15) is 0 Å². The second kappa shape index (κ2) is 8.11. The Hall–Kier alpha value is -3.46. The van der Waals surface area contributed by atoms with Crippen LogP contribution in [0.3, 0.4) is 0 Å². The lowest BCUT2D eigenvalue weighted by Gasteiger charge is -2.25. The van der Waals surface area contributed by atoms with E-state index in [1.54, 1.807) is 24.3 Å². The fourth-order valence-electron chi connectivity index (χ4n) is 3.86. The summed E-state index contributed by atoms with van der Waals surface area (Å²) in [7, 11) is 0. The van der Waals surface area contributed by atoms with Crippen LogP contribution in [0.5, 0.6) is 0 Å². The molecule has 3 aromatic rings. The maximum atomic E-state index is 13.5. The molecule has 0 saturated heterocycles. The van der Waals surface area contributed by atoms with Crippen molar-refractivity contribution in [1.82, 2.24) is 5.32 Å². The zero-order valence-electron chi connectivity index (χ0n) is 17.5. The predicted octanol–water partition coefficient (Wildman–Crippen LogP) is 5.95. The number of ketones is 2. The van der Waals surface area contributed by atoms with Crippen molar-refractivity contribution in [2.24, 2.45) is 0 Å². The summed E-state index contributed by atoms with van der Waals surface area (Å²) >= 11 is 0. The summed E-state index contributed by atoms with van der Waals surface area (Å²) in [6, 6.07) is 24.8. The van der Waals surface area contributed by atoms with Crippen LogP contribution in [-0.2, 0) is 0 Å². The van der Waals surface area contributed by atoms with E-state index in [2.05, 4.69) is 19.2 Å². The number of carbonyl (C=O) groups is 2. The van der Waals surface area contributed by atoms with Crippen LogP contribution in [0.1, 0.15) is 70.1 Å². The van der Waals surface area contributed by atoms with E-state index in [-0.39, 0.29) is 17.6 Å². The van der Waals surface area contributed by atoms with Gasteiger partial charge in [-0.25, -0.2) is 0 Å². The maximum absolute atomic E-state index is 13.5. The molecule has 4 rings (SSSR count). The van der Waals surface area contributed by atoms with E-state index in [1.165, 1.54) is 5.56 Å². The number of nitrogens with one attached hydrogen (secondary N) is 1. The molecule has 0 amide bonds. The van der Waals surface area contributed by atoms with Gasteiger partial charge >= 0.3 is 0 Å². The van der Waals surface area contributed by atoms with E-state index in [0.717, 1.165) is 11.1 Å². The first-order valence-electron chi connectivity index (χ1n) is 10.3.